The minimum atomic E-state index is -2.60. The highest BCUT2D eigenvalue weighted by molar-refractivity contribution is 6.18. The summed E-state index contributed by atoms with van der Waals surface area (Å²) in [4.78, 5) is 32.1. The molecule has 16 heavy (non-hydrogen) atoms. The number of aliphatic carboxylic acids is 2. The molecular formula is C8H12ClNO6. The van der Waals surface area contributed by atoms with Gasteiger partial charge in [-0.05, 0) is 0 Å². The fourth-order valence-electron chi connectivity index (χ4n) is 0.979. The Kier molecular flexibility index (Phi) is 5.76. The quantitative estimate of drug-likeness (QED) is 0.433. The van der Waals surface area contributed by atoms with Crippen LogP contribution in [0.3, 0.4) is 0 Å². The number of hydrogen-bond acceptors (Lipinski definition) is 4. The molecule has 0 fully saturated rings. The SMILES string of the molecule is O=C(O)CC(O)(CC(=O)NCCCl)C(=O)O. The lowest BCUT2D eigenvalue weighted by Gasteiger charge is -2.20. The van der Waals surface area contributed by atoms with Crippen LogP contribution in [-0.2, 0) is 14.4 Å². The van der Waals surface area contributed by atoms with Gasteiger partial charge >= 0.3 is 11.9 Å². The number of carbonyl (C=O) groups excluding carboxylic acids is 1. The van der Waals surface area contributed by atoms with Crippen LogP contribution in [0.2, 0.25) is 0 Å². The van der Waals surface area contributed by atoms with Crippen LogP contribution in [0.25, 0.3) is 0 Å². The first-order valence-electron chi connectivity index (χ1n) is 4.32. The summed E-state index contributed by atoms with van der Waals surface area (Å²) < 4.78 is 0. The average Bonchev–Trinajstić information content (AvgIpc) is 2.12. The first-order valence-corrected chi connectivity index (χ1v) is 4.85. The topological polar surface area (TPSA) is 124 Å². The first kappa shape index (κ1) is 14.7. The molecule has 0 bridgehead atoms. The maximum absolute atomic E-state index is 11.1. The number of aliphatic hydroxyl groups is 1. The van der Waals surface area contributed by atoms with Gasteiger partial charge in [-0.2, -0.15) is 0 Å². The number of amides is 1. The second-order valence-corrected chi connectivity index (χ2v) is 3.50. The monoisotopic (exact) mass is 253 g/mol. The van der Waals surface area contributed by atoms with E-state index in [2.05, 4.69) is 5.32 Å². The molecule has 0 aliphatic rings. The van der Waals surface area contributed by atoms with Crippen LogP contribution < -0.4 is 5.32 Å². The van der Waals surface area contributed by atoms with Gasteiger partial charge in [-0.1, -0.05) is 0 Å². The normalized spacial score (nSPS) is 13.9. The summed E-state index contributed by atoms with van der Waals surface area (Å²) in [5, 5.41) is 28.7. The lowest BCUT2D eigenvalue weighted by Crippen LogP contribution is -2.45. The maximum Gasteiger partial charge on any atom is 0.336 e. The Bertz CT molecular complexity index is 294. The van der Waals surface area contributed by atoms with E-state index in [-0.39, 0.29) is 12.4 Å². The third-order valence-corrected chi connectivity index (χ3v) is 1.90. The van der Waals surface area contributed by atoms with E-state index in [9.17, 15) is 19.5 Å². The Hall–Kier alpha value is -1.34. The molecule has 0 heterocycles. The minimum absolute atomic E-state index is 0.114. The fraction of sp³-hybridized carbons (Fsp3) is 0.625. The maximum atomic E-state index is 11.1. The molecule has 92 valence electrons. The molecule has 0 aliphatic carbocycles. The number of carbonyl (C=O) groups is 3. The number of alkyl halides is 1. The number of nitrogens with one attached hydrogen (secondary N) is 1. The molecule has 0 saturated carbocycles. The van der Waals surface area contributed by atoms with Crippen molar-refractivity contribution in [2.24, 2.45) is 0 Å². The molecule has 1 unspecified atom stereocenters. The third kappa shape index (κ3) is 4.94. The molecule has 0 rings (SSSR count). The predicted molar refractivity (Wildman–Crippen MR) is 53.2 cm³/mol. The summed E-state index contributed by atoms with van der Waals surface area (Å²) >= 11 is 5.28. The van der Waals surface area contributed by atoms with Gasteiger partial charge in [0.15, 0.2) is 5.60 Å². The molecule has 7 nitrogen and oxygen atoms in total. The van der Waals surface area contributed by atoms with Crippen LogP contribution in [0.1, 0.15) is 12.8 Å². The minimum Gasteiger partial charge on any atom is -0.481 e. The summed E-state index contributed by atoms with van der Waals surface area (Å²) in [7, 11) is 0. The number of carboxylic acid groups (broad SMARTS) is 2. The summed E-state index contributed by atoms with van der Waals surface area (Å²) in [5.41, 5.74) is -2.60. The molecular weight excluding hydrogens is 242 g/mol. The molecule has 1 atom stereocenters. The number of hydrogen-bond donors (Lipinski definition) is 4. The first-order chi connectivity index (χ1) is 7.31. The largest absolute Gasteiger partial charge is 0.481 e. The predicted octanol–water partition coefficient (Wildman–Crippen LogP) is -0.978. The zero-order valence-corrected chi connectivity index (χ0v) is 9.03. The standard InChI is InChI=1S/C8H12ClNO6/c9-1-2-10-5(11)3-8(16,7(14)15)4-6(12)13/h16H,1-4H2,(H,10,11)(H,12,13)(H,14,15). The summed E-state index contributed by atoms with van der Waals surface area (Å²) in [5.74, 6) is -3.89. The van der Waals surface area contributed by atoms with Crippen LogP contribution >= 0.6 is 11.6 Å². The lowest BCUT2D eigenvalue weighted by molar-refractivity contribution is -0.167. The van der Waals surface area contributed by atoms with Gasteiger partial charge in [0.1, 0.15) is 0 Å². The van der Waals surface area contributed by atoms with Gasteiger partial charge in [-0.25, -0.2) is 4.79 Å². The number of halogens is 1. The number of rotatable bonds is 7. The van der Waals surface area contributed by atoms with E-state index in [4.69, 9.17) is 21.8 Å². The van der Waals surface area contributed by atoms with E-state index in [1.165, 1.54) is 0 Å². The van der Waals surface area contributed by atoms with Crippen molar-refractivity contribution in [3.05, 3.63) is 0 Å². The van der Waals surface area contributed by atoms with E-state index in [1.54, 1.807) is 0 Å². The van der Waals surface area contributed by atoms with Crippen molar-refractivity contribution in [2.75, 3.05) is 12.4 Å². The molecule has 0 aromatic heterocycles. The molecule has 0 aliphatic heterocycles. The van der Waals surface area contributed by atoms with Gasteiger partial charge in [0, 0.05) is 12.4 Å². The van der Waals surface area contributed by atoms with Gasteiger partial charge in [-0.15, -0.1) is 11.6 Å². The van der Waals surface area contributed by atoms with Crippen molar-refractivity contribution in [3.63, 3.8) is 0 Å². The number of carboxylic acids is 2. The van der Waals surface area contributed by atoms with Crippen molar-refractivity contribution in [3.8, 4) is 0 Å². The van der Waals surface area contributed by atoms with Crippen LogP contribution in [0.5, 0.6) is 0 Å². The Balaban J connectivity index is 4.49. The molecule has 0 radical (unpaired) electrons. The highest BCUT2D eigenvalue weighted by atomic mass is 35.5. The smallest absolute Gasteiger partial charge is 0.336 e. The van der Waals surface area contributed by atoms with E-state index < -0.39 is 36.3 Å². The van der Waals surface area contributed by atoms with Gasteiger partial charge in [0.2, 0.25) is 5.91 Å². The van der Waals surface area contributed by atoms with Crippen molar-refractivity contribution >= 4 is 29.4 Å². The van der Waals surface area contributed by atoms with Crippen molar-refractivity contribution in [1.82, 2.24) is 5.32 Å². The fourth-order valence-corrected chi connectivity index (χ4v) is 1.07. The van der Waals surface area contributed by atoms with Crippen molar-refractivity contribution in [1.29, 1.82) is 0 Å². The van der Waals surface area contributed by atoms with Gasteiger partial charge in [-0.3, -0.25) is 9.59 Å². The van der Waals surface area contributed by atoms with Gasteiger partial charge in [0.05, 0.1) is 12.8 Å². The Morgan fingerprint density at radius 2 is 1.75 bits per heavy atom. The average molecular weight is 254 g/mol. The van der Waals surface area contributed by atoms with Crippen molar-refractivity contribution in [2.45, 2.75) is 18.4 Å². The highest BCUT2D eigenvalue weighted by Gasteiger charge is 2.40. The lowest BCUT2D eigenvalue weighted by atomic mass is 9.95. The molecule has 4 N–H and O–H groups in total. The van der Waals surface area contributed by atoms with E-state index >= 15 is 0 Å². The second kappa shape index (κ2) is 6.29. The van der Waals surface area contributed by atoms with Gasteiger partial charge in [0.25, 0.3) is 0 Å². The zero-order valence-electron chi connectivity index (χ0n) is 8.27. The van der Waals surface area contributed by atoms with Crippen LogP contribution in [0.4, 0.5) is 0 Å². The zero-order chi connectivity index (χ0) is 12.8. The molecule has 0 aromatic carbocycles. The van der Waals surface area contributed by atoms with Crippen LogP contribution in [0.15, 0.2) is 0 Å². The van der Waals surface area contributed by atoms with E-state index in [0.29, 0.717) is 0 Å². The summed E-state index contributed by atoms with van der Waals surface area (Å²) in [6, 6.07) is 0. The highest BCUT2D eigenvalue weighted by Crippen LogP contribution is 2.15. The van der Waals surface area contributed by atoms with Gasteiger partial charge < -0.3 is 20.6 Å². The Morgan fingerprint density at radius 3 is 2.12 bits per heavy atom. The Labute approximate surface area is 96.0 Å². The third-order valence-electron chi connectivity index (χ3n) is 1.71. The van der Waals surface area contributed by atoms with Crippen LogP contribution in [0, 0.1) is 0 Å². The van der Waals surface area contributed by atoms with Crippen molar-refractivity contribution < 1.29 is 29.7 Å². The molecule has 0 aromatic rings. The molecule has 1 amide bonds. The van der Waals surface area contributed by atoms with Crippen LogP contribution in [-0.4, -0.2) is 51.2 Å². The summed E-state index contributed by atoms with van der Waals surface area (Å²) in [6.45, 7) is 0.114. The summed E-state index contributed by atoms with van der Waals surface area (Å²) in [6.07, 6.45) is -1.87. The molecule has 0 spiro atoms. The molecule has 0 saturated heterocycles. The molecule has 8 heteroatoms. The van der Waals surface area contributed by atoms with E-state index in [0.717, 1.165) is 0 Å². The van der Waals surface area contributed by atoms with E-state index in [1.807, 2.05) is 0 Å². The second-order valence-electron chi connectivity index (χ2n) is 3.12. The Morgan fingerprint density at radius 1 is 1.19 bits per heavy atom.